The molecule has 4 aromatic rings. The van der Waals surface area contributed by atoms with E-state index in [1.54, 1.807) is 12.3 Å². The molecule has 0 fully saturated rings. The first-order chi connectivity index (χ1) is 16.1. The molecular formula is C27H30N2O3S. The van der Waals surface area contributed by atoms with Gasteiger partial charge in [0.2, 0.25) is 5.89 Å². The Hall–Kier alpha value is -3.35. The first kappa shape index (κ1) is 25.9. The van der Waals surface area contributed by atoms with Crippen LogP contribution in [0.15, 0.2) is 94.9 Å². The van der Waals surface area contributed by atoms with Gasteiger partial charge in [0.25, 0.3) is 0 Å². The fourth-order valence-corrected chi connectivity index (χ4v) is 3.43. The van der Waals surface area contributed by atoms with Crippen molar-refractivity contribution in [2.45, 2.75) is 25.7 Å². The van der Waals surface area contributed by atoms with E-state index in [0.29, 0.717) is 5.89 Å². The summed E-state index contributed by atoms with van der Waals surface area (Å²) in [7, 11) is 1.37. The maximum atomic E-state index is 11.1. The largest absolute Gasteiger partial charge is 0.468 e. The van der Waals surface area contributed by atoms with Crippen LogP contribution in [0.2, 0.25) is 0 Å². The molecule has 4 rings (SSSR count). The topological polar surface area (TPSA) is 64.4 Å². The van der Waals surface area contributed by atoms with E-state index in [1.165, 1.54) is 29.8 Å². The summed E-state index contributed by atoms with van der Waals surface area (Å²) in [6.45, 7) is 9.40. The average molecular weight is 463 g/mol. The third-order valence-electron chi connectivity index (χ3n) is 4.28. The second-order valence-corrected chi connectivity index (χ2v) is 7.49. The predicted molar refractivity (Wildman–Crippen MR) is 138 cm³/mol. The van der Waals surface area contributed by atoms with E-state index in [2.05, 4.69) is 45.3 Å². The number of esters is 1. The van der Waals surface area contributed by atoms with Crippen molar-refractivity contribution >= 4 is 28.7 Å². The molecular weight excluding hydrogens is 432 g/mol. The first-order valence-corrected chi connectivity index (χ1v) is 11.5. The van der Waals surface area contributed by atoms with Crippen molar-refractivity contribution in [2.75, 3.05) is 13.7 Å². The first-order valence-electron chi connectivity index (χ1n) is 10.7. The Morgan fingerprint density at radius 2 is 1.70 bits per heavy atom. The number of hydrogen-bond acceptors (Lipinski definition) is 6. The fourth-order valence-electron chi connectivity index (χ4n) is 2.80. The minimum atomic E-state index is -0.301. The molecule has 1 N–H and O–H groups in total. The van der Waals surface area contributed by atoms with Crippen LogP contribution in [0.1, 0.15) is 20.8 Å². The van der Waals surface area contributed by atoms with E-state index in [0.717, 1.165) is 21.8 Å². The average Bonchev–Trinajstić information content (AvgIpc) is 3.36. The van der Waals surface area contributed by atoms with Crippen LogP contribution < -0.4 is 4.72 Å². The van der Waals surface area contributed by atoms with Crippen molar-refractivity contribution in [2.24, 2.45) is 0 Å². The van der Waals surface area contributed by atoms with Crippen LogP contribution in [0.25, 0.3) is 33.6 Å². The van der Waals surface area contributed by atoms with Crippen molar-refractivity contribution in [3.63, 3.8) is 0 Å². The molecule has 0 unspecified atom stereocenters. The Labute approximate surface area is 200 Å². The van der Waals surface area contributed by atoms with Crippen LogP contribution in [0.4, 0.5) is 0 Å². The van der Waals surface area contributed by atoms with Crippen LogP contribution in [0.3, 0.4) is 0 Å². The standard InChI is InChI=1S/C22H18N2O3S.C3H6.C2H6/c1-26-21(25)14-24-28-19-10-8-16(9-11-19)22-23-13-20(27-22)18-7-6-15-4-2-3-5-17(15)12-18;1-3-2;1-2/h2-13,24H,14H2,1H3;3H,1H2,2H3;1-2H3. The van der Waals surface area contributed by atoms with Gasteiger partial charge in [-0.25, -0.2) is 9.71 Å². The Kier molecular flexibility index (Phi) is 10.9. The summed E-state index contributed by atoms with van der Waals surface area (Å²) >= 11 is 1.37. The maximum Gasteiger partial charge on any atom is 0.320 e. The highest BCUT2D eigenvalue weighted by molar-refractivity contribution is 7.97. The molecule has 0 aliphatic rings. The summed E-state index contributed by atoms with van der Waals surface area (Å²) in [6.07, 6.45) is 3.50. The number of rotatable bonds is 6. The summed E-state index contributed by atoms with van der Waals surface area (Å²) in [5.74, 6) is 1.01. The molecule has 1 heterocycles. The van der Waals surface area contributed by atoms with E-state index < -0.39 is 0 Å². The van der Waals surface area contributed by atoms with Crippen molar-refractivity contribution in [1.82, 2.24) is 9.71 Å². The second-order valence-electron chi connectivity index (χ2n) is 6.52. The molecule has 0 amide bonds. The quantitative estimate of drug-likeness (QED) is 0.186. The summed E-state index contributed by atoms with van der Waals surface area (Å²) in [6, 6.07) is 22.2. The minimum absolute atomic E-state index is 0.151. The van der Waals surface area contributed by atoms with Gasteiger partial charge in [0, 0.05) is 16.0 Å². The van der Waals surface area contributed by atoms with Gasteiger partial charge in [-0.1, -0.05) is 56.3 Å². The van der Waals surface area contributed by atoms with Crippen molar-refractivity contribution < 1.29 is 13.9 Å². The van der Waals surface area contributed by atoms with Crippen LogP contribution >= 0.6 is 11.9 Å². The fraction of sp³-hybridized carbons (Fsp3) is 0.185. The normalized spacial score (nSPS) is 9.82. The molecule has 1 aromatic heterocycles. The molecule has 0 aliphatic heterocycles. The van der Waals surface area contributed by atoms with Gasteiger partial charge in [0.05, 0.1) is 13.3 Å². The van der Waals surface area contributed by atoms with Gasteiger partial charge in [0.1, 0.15) is 6.54 Å². The molecule has 0 radical (unpaired) electrons. The highest BCUT2D eigenvalue weighted by Crippen LogP contribution is 2.29. The smallest absolute Gasteiger partial charge is 0.320 e. The molecule has 0 saturated carbocycles. The Balaban J connectivity index is 0.000000714. The highest BCUT2D eigenvalue weighted by Gasteiger charge is 2.09. The second kappa shape index (κ2) is 13.9. The number of methoxy groups -OCH3 is 1. The van der Waals surface area contributed by atoms with E-state index in [1.807, 2.05) is 63.2 Å². The molecule has 0 bridgehead atoms. The van der Waals surface area contributed by atoms with Gasteiger partial charge in [-0.05, 0) is 60.0 Å². The highest BCUT2D eigenvalue weighted by atomic mass is 32.2. The van der Waals surface area contributed by atoms with Gasteiger partial charge >= 0.3 is 5.97 Å². The number of fused-ring (bicyclic) bond motifs is 1. The summed E-state index contributed by atoms with van der Waals surface area (Å²) in [5, 5.41) is 2.36. The lowest BCUT2D eigenvalue weighted by Crippen LogP contribution is -2.17. The zero-order valence-corrected chi connectivity index (χ0v) is 20.3. The van der Waals surface area contributed by atoms with Gasteiger partial charge in [-0.2, -0.15) is 0 Å². The Bertz CT molecular complexity index is 1150. The van der Waals surface area contributed by atoms with E-state index in [4.69, 9.17) is 4.42 Å². The molecule has 3 aromatic carbocycles. The number of ether oxygens (including phenoxy) is 1. The summed E-state index contributed by atoms with van der Waals surface area (Å²) in [5.41, 5.74) is 1.89. The van der Waals surface area contributed by atoms with Crippen LogP contribution in [-0.2, 0) is 9.53 Å². The third-order valence-corrected chi connectivity index (χ3v) is 5.07. The van der Waals surface area contributed by atoms with E-state index in [9.17, 15) is 4.79 Å². The number of oxazole rings is 1. The summed E-state index contributed by atoms with van der Waals surface area (Å²) in [4.78, 5) is 16.5. The molecule has 0 aliphatic carbocycles. The molecule has 172 valence electrons. The lowest BCUT2D eigenvalue weighted by molar-refractivity contribution is -0.139. The molecule has 0 atom stereocenters. The monoisotopic (exact) mass is 462 g/mol. The van der Waals surface area contributed by atoms with Gasteiger partial charge in [-0.3, -0.25) is 4.79 Å². The molecule has 6 heteroatoms. The zero-order valence-electron chi connectivity index (χ0n) is 19.5. The minimum Gasteiger partial charge on any atom is -0.468 e. The van der Waals surface area contributed by atoms with Crippen molar-refractivity contribution in [3.05, 3.63) is 85.6 Å². The lowest BCUT2D eigenvalue weighted by Gasteiger charge is -2.03. The van der Waals surface area contributed by atoms with E-state index in [-0.39, 0.29) is 12.5 Å². The molecule has 0 saturated heterocycles. The molecule has 33 heavy (non-hydrogen) atoms. The predicted octanol–water partition coefficient (Wildman–Crippen LogP) is 7.15. The van der Waals surface area contributed by atoms with Gasteiger partial charge in [-0.15, -0.1) is 6.58 Å². The molecule has 5 nitrogen and oxygen atoms in total. The number of nitrogens with one attached hydrogen (secondary N) is 1. The van der Waals surface area contributed by atoms with Crippen LogP contribution in [0.5, 0.6) is 0 Å². The van der Waals surface area contributed by atoms with Gasteiger partial charge in [0.15, 0.2) is 5.76 Å². The number of carbonyl (C=O) groups is 1. The summed E-state index contributed by atoms with van der Waals surface area (Å²) < 4.78 is 13.5. The zero-order chi connectivity index (χ0) is 24.1. The number of allylic oxidation sites excluding steroid dienone is 1. The third kappa shape index (κ3) is 7.63. The number of hydrogen-bond donors (Lipinski definition) is 1. The Morgan fingerprint density at radius 1 is 1.06 bits per heavy atom. The van der Waals surface area contributed by atoms with Gasteiger partial charge < -0.3 is 9.15 Å². The van der Waals surface area contributed by atoms with Crippen molar-refractivity contribution in [3.8, 4) is 22.8 Å². The van der Waals surface area contributed by atoms with Crippen molar-refractivity contribution in [1.29, 1.82) is 0 Å². The molecule has 0 spiro atoms. The maximum absolute atomic E-state index is 11.1. The number of benzene rings is 3. The van der Waals surface area contributed by atoms with E-state index >= 15 is 0 Å². The van der Waals surface area contributed by atoms with Crippen LogP contribution in [-0.4, -0.2) is 24.6 Å². The SMILES string of the molecule is C=CC.CC.COC(=O)CNSc1ccc(-c2ncc(-c3ccc4ccccc4c3)o2)cc1. The number of aromatic nitrogens is 1. The number of nitrogens with zero attached hydrogens (tertiary/aromatic N) is 1. The number of carbonyl (C=O) groups excluding carboxylic acids is 1. The van der Waals surface area contributed by atoms with Crippen LogP contribution in [0, 0.1) is 0 Å². The lowest BCUT2D eigenvalue weighted by atomic mass is 10.1. The Morgan fingerprint density at radius 3 is 2.36 bits per heavy atom.